The van der Waals surface area contributed by atoms with E-state index in [1.165, 1.54) is 12.5 Å². The van der Waals surface area contributed by atoms with Gasteiger partial charge in [0.15, 0.2) is 16.6 Å². The van der Waals surface area contributed by atoms with Gasteiger partial charge in [-0.25, -0.2) is 0 Å². The van der Waals surface area contributed by atoms with Crippen molar-refractivity contribution in [3.05, 3.63) is 57.2 Å². The first-order chi connectivity index (χ1) is 20.6. The summed E-state index contributed by atoms with van der Waals surface area (Å²) in [6.07, 6.45) is 7.31. The van der Waals surface area contributed by atoms with Gasteiger partial charge in [0.1, 0.15) is 6.61 Å². The zero-order valence-corrected chi connectivity index (χ0v) is 35.2. The summed E-state index contributed by atoms with van der Waals surface area (Å²) in [4.78, 5) is 11.3. The SMILES string of the molecule is CC(=O)OC/C(I)=C\C(C)=C\C[C@H](O[Si](C)(C)C(C)(C)C)[C@@H](C)[C@@H](O[Si](C)(C)C(C)(C)C)[C@H](C)CCCOCc1ccccc1. The number of halogens is 1. The Hall–Kier alpha value is -0.786. The fraction of sp³-hybridized carbons (Fsp3) is 0.703. The van der Waals surface area contributed by atoms with Crippen molar-refractivity contribution < 1.29 is 23.1 Å². The van der Waals surface area contributed by atoms with Crippen LogP contribution in [0.5, 0.6) is 0 Å². The van der Waals surface area contributed by atoms with Crippen LogP contribution in [-0.2, 0) is 29.7 Å². The quantitative estimate of drug-likeness (QED) is 0.0489. The van der Waals surface area contributed by atoms with E-state index < -0.39 is 16.6 Å². The minimum absolute atomic E-state index is 0.0203. The summed E-state index contributed by atoms with van der Waals surface area (Å²) < 4.78 is 26.8. The number of carbonyl (C=O) groups excluding carboxylic acids is 1. The van der Waals surface area contributed by atoms with E-state index in [2.05, 4.69) is 148 Å². The maximum absolute atomic E-state index is 11.3. The van der Waals surface area contributed by atoms with Crippen LogP contribution in [0.2, 0.25) is 36.3 Å². The van der Waals surface area contributed by atoms with Crippen LogP contribution in [0, 0.1) is 11.8 Å². The first-order valence-corrected chi connectivity index (χ1v) is 23.6. The second kappa shape index (κ2) is 18.7. The topological polar surface area (TPSA) is 54.0 Å². The van der Waals surface area contributed by atoms with Gasteiger partial charge in [0, 0.05) is 23.0 Å². The summed E-state index contributed by atoms with van der Waals surface area (Å²) in [6, 6.07) is 10.4. The van der Waals surface area contributed by atoms with Crippen molar-refractivity contribution in [3.63, 3.8) is 0 Å². The van der Waals surface area contributed by atoms with Crippen LogP contribution >= 0.6 is 22.6 Å². The number of allylic oxidation sites excluding steroid dienone is 2. The van der Waals surface area contributed by atoms with Crippen molar-refractivity contribution in [3.8, 4) is 0 Å². The van der Waals surface area contributed by atoms with Gasteiger partial charge in [0.2, 0.25) is 0 Å². The predicted octanol–water partition coefficient (Wildman–Crippen LogP) is 11.3. The normalized spacial score (nSPS) is 16.7. The summed E-state index contributed by atoms with van der Waals surface area (Å²) in [5.41, 5.74) is 2.36. The van der Waals surface area contributed by atoms with Crippen LogP contribution in [0.3, 0.4) is 0 Å². The number of esters is 1. The summed E-state index contributed by atoms with van der Waals surface area (Å²) in [6.45, 7) is 33.3. The predicted molar refractivity (Wildman–Crippen MR) is 205 cm³/mol. The van der Waals surface area contributed by atoms with E-state index >= 15 is 0 Å². The zero-order chi connectivity index (χ0) is 34.6. The second-order valence-corrected chi connectivity index (χ2v) is 26.7. The molecule has 1 aromatic rings. The number of hydrogen-bond donors (Lipinski definition) is 0. The molecule has 0 aliphatic rings. The van der Waals surface area contributed by atoms with Gasteiger partial charge in [-0.3, -0.25) is 4.79 Å². The number of benzene rings is 1. The lowest BCUT2D eigenvalue weighted by atomic mass is 9.85. The van der Waals surface area contributed by atoms with Gasteiger partial charge in [0.25, 0.3) is 0 Å². The Balaban J connectivity index is 3.28. The molecule has 0 aliphatic carbocycles. The summed E-state index contributed by atoms with van der Waals surface area (Å²) >= 11 is 2.25. The first kappa shape index (κ1) is 42.2. The Morgan fingerprint density at radius 1 is 0.911 bits per heavy atom. The molecule has 1 rings (SSSR count). The molecule has 0 fully saturated rings. The Bertz CT molecular complexity index is 1090. The third-order valence-electron chi connectivity index (χ3n) is 9.68. The third kappa shape index (κ3) is 15.3. The van der Waals surface area contributed by atoms with Crippen LogP contribution < -0.4 is 0 Å². The average molecular weight is 773 g/mol. The molecule has 0 saturated carbocycles. The highest BCUT2D eigenvalue weighted by Gasteiger charge is 2.45. The van der Waals surface area contributed by atoms with Crippen LogP contribution in [-0.4, -0.2) is 48.0 Å². The summed E-state index contributed by atoms with van der Waals surface area (Å²) in [7, 11) is -4.13. The standard InChI is InChI=1S/C37H65IO5Si2/c1-28(25-33(38)27-41-31(4)39)22-23-34(42-44(11,12)36(5,6)7)30(3)35(43-45(13,14)37(8,9)10)29(2)19-18-24-40-26-32-20-16-15-17-21-32/h15-17,20-22,25,29-30,34-35H,18-19,23-24,26-27H2,1-14H3/b28-22+,33-25+/t29-,30-,34+,35+/m1/s1. The molecule has 0 aromatic heterocycles. The molecule has 8 heteroatoms. The lowest BCUT2D eigenvalue weighted by Gasteiger charge is -2.46. The van der Waals surface area contributed by atoms with E-state index in [0.717, 1.165) is 35.0 Å². The molecule has 1 aromatic carbocycles. The largest absolute Gasteiger partial charge is 0.461 e. The molecule has 0 unspecified atom stereocenters. The number of hydrogen-bond acceptors (Lipinski definition) is 5. The minimum Gasteiger partial charge on any atom is -0.461 e. The molecular weight excluding hydrogens is 707 g/mol. The van der Waals surface area contributed by atoms with E-state index in [0.29, 0.717) is 19.1 Å². The molecule has 5 nitrogen and oxygen atoms in total. The maximum atomic E-state index is 11.3. The van der Waals surface area contributed by atoms with E-state index in [4.69, 9.17) is 18.3 Å². The van der Waals surface area contributed by atoms with Crippen molar-refractivity contribution in [2.24, 2.45) is 11.8 Å². The average Bonchev–Trinajstić information content (AvgIpc) is 2.91. The molecule has 0 N–H and O–H groups in total. The smallest absolute Gasteiger partial charge is 0.302 e. The Morgan fingerprint density at radius 3 is 2.00 bits per heavy atom. The Labute approximate surface area is 292 Å². The summed E-state index contributed by atoms with van der Waals surface area (Å²) in [5.74, 6) is 0.289. The molecule has 0 bridgehead atoms. The van der Waals surface area contributed by atoms with Gasteiger partial charge < -0.3 is 18.3 Å². The molecule has 258 valence electrons. The van der Waals surface area contributed by atoms with Gasteiger partial charge in [-0.15, -0.1) is 0 Å². The monoisotopic (exact) mass is 772 g/mol. The van der Waals surface area contributed by atoms with E-state index in [1.54, 1.807) is 0 Å². The zero-order valence-electron chi connectivity index (χ0n) is 31.0. The minimum atomic E-state index is -2.07. The number of carbonyl (C=O) groups is 1. The van der Waals surface area contributed by atoms with E-state index in [9.17, 15) is 4.79 Å². The highest BCUT2D eigenvalue weighted by molar-refractivity contribution is 14.1. The summed E-state index contributed by atoms with van der Waals surface area (Å²) in [5, 5.41) is 0.208. The molecular formula is C37H65IO5Si2. The van der Waals surface area contributed by atoms with Gasteiger partial charge >= 0.3 is 5.97 Å². The van der Waals surface area contributed by atoms with Crippen molar-refractivity contribution >= 4 is 45.2 Å². The van der Waals surface area contributed by atoms with Crippen LogP contribution in [0.1, 0.15) is 94.1 Å². The van der Waals surface area contributed by atoms with Crippen LogP contribution in [0.25, 0.3) is 0 Å². The van der Waals surface area contributed by atoms with E-state index in [1.807, 2.05) is 6.07 Å². The first-order valence-electron chi connectivity index (χ1n) is 16.7. The lowest BCUT2D eigenvalue weighted by Crippen LogP contribution is -2.52. The van der Waals surface area contributed by atoms with Crippen molar-refractivity contribution in [2.75, 3.05) is 13.2 Å². The van der Waals surface area contributed by atoms with Gasteiger partial charge in [0.05, 0.1) is 18.8 Å². The van der Waals surface area contributed by atoms with Crippen molar-refractivity contribution in [1.82, 2.24) is 0 Å². The lowest BCUT2D eigenvalue weighted by molar-refractivity contribution is -0.139. The molecule has 0 spiro atoms. The molecule has 0 heterocycles. The molecule has 0 amide bonds. The van der Waals surface area contributed by atoms with Crippen molar-refractivity contribution in [2.45, 2.75) is 144 Å². The number of rotatable bonds is 18. The van der Waals surface area contributed by atoms with E-state index in [-0.39, 0.29) is 34.2 Å². The maximum Gasteiger partial charge on any atom is 0.302 e. The Kier molecular flexibility index (Phi) is 17.5. The highest BCUT2D eigenvalue weighted by atomic mass is 127. The van der Waals surface area contributed by atoms with Crippen LogP contribution in [0.4, 0.5) is 0 Å². The number of ether oxygens (including phenoxy) is 2. The molecule has 0 aliphatic heterocycles. The van der Waals surface area contributed by atoms with Gasteiger partial charge in [-0.05, 0) is 103 Å². The second-order valence-electron chi connectivity index (χ2n) is 15.8. The highest BCUT2D eigenvalue weighted by Crippen LogP contribution is 2.43. The fourth-order valence-corrected chi connectivity index (χ4v) is 8.20. The van der Waals surface area contributed by atoms with Crippen molar-refractivity contribution in [1.29, 1.82) is 0 Å². The van der Waals surface area contributed by atoms with Gasteiger partial charge in [-0.1, -0.05) is 97.4 Å². The molecule has 45 heavy (non-hydrogen) atoms. The molecule has 0 radical (unpaired) electrons. The van der Waals surface area contributed by atoms with Crippen LogP contribution in [0.15, 0.2) is 51.6 Å². The molecule has 4 atom stereocenters. The third-order valence-corrected chi connectivity index (χ3v) is 19.3. The Morgan fingerprint density at radius 2 is 1.47 bits per heavy atom. The van der Waals surface area contributed by atoms with Gasteiger partial charge in [-0.2, -0.15) is 0 Å². The fourth-order valence-electron chi connectivity index (χ4n) is 4.65. The molecule has 0 saturated heterocycles.